The van der Waals surface area contributed by atoms with Crippen LogP contribution in [0, 0.1) is 0 Å². The molecular weight excluding hydrogens is 715 g/mol. The van der Waals surface area contributed by atoms with Gasteiger partial charge in [-0.25, -0.2) is 9.97 Å². The first-order chi connectivity index (χ1) is 29.3. The maximum absolute atomic E-state index is 5.38. The normalized spacial score (nSPS) is 11.7. The zero-order valence-corrected chi connectivity index (χ0v) is 32.0. The summed E-state index contributed by atoms with van der Waals surface area (Å²) in [6.45, 7) is 0. The first-order valence-electron chi connectivity index (χ1n) is 20.2. The van der Waals surface area contributed by atoms with E-state index in [1.807, 2.05) is 0 Å². The molecule has 0 aliphatic heterocycles. The molecule has 274 valence electrons. The molecule has 0 unspecified atom stereocenters. The molecular formula is C56H35N3. The third-order valence-corrected chi connectivity index (χ3v) is 12.0. The summed E-state index contributed by atoms with van der Waals surface area (Å²) < 4.78 is 2.46. The maximum Gasteiger partial charge on any atom is 0.161 e. The van der Waals surface area contributed by atoms with Crippen molar-refractivity contribution in [3.05, 3.63) is 212 Å². The highest BCUT2D eigenvalue weighted by Crippen LogP contribution is 2.43. The van der Waals surface area contributed by atoms with Gasteiger partial charge in [-0.05, 0) is 79.5 Å². The van der Waals surface area contributed by atoms with E-state index < -0.39 is 0 Å². The topological polar surface area (TPSA) is 30.7 Å². The Bertz CT molecular complexity index is 3490. The van der Waals surface area contributed by atoms with Crippen LogP contribution in [0.1, 0.15) is 0 Å². The van der Waals surface area contributed by atoms with E-state index in [4.69, 9.17) is 9.97 Å². The Morgan fingerprint density at radius 3 is 1.39 bits per heavy atom. The molecule has 0 N–H and O–H groups in total. The largest absolute Gasteiger partial charge is 0.309 e. The van der Waals surface area contributed by atoms with E-state index in [2.05, 4.69) is 217 Å². The van der Waals surface area contributed by atoms with Crippen LogP contribution < -0.4 is 0 Å². The lowest BCUT2D eigenvalue weighted by Crippen LogP contribution is -1.99. The summed E-state index contributed by atoms with van der Waals surface area (Å²) in [4.78, 5) is 10.6. The fourth-order valence-electron chi connectivity index (χ4n) is 9.20. The van der Waals surface area contributed by atoms with Crippen LogP contribution in [0.2, 0.25) is 0 Å². The zero-order valence-electron chi connectivity index (χ0n) is 32.0. The number of nitrogens with zero attached hydrogens (tertiary/aromatic N) is 3. The summed E-state index contributed by atoms with van der Waals surface area (Å²) in [6.07, 6.45) is 0. The molecule has 0 saturated heterocycles. The van der Waals surface area contributed by atoms with E-state index >= 15 is 0 Å². The van der Waals surface area contributed by atoms with E-state index in [1.165, 1.54) is 65.6 Å². The smallest absolute Gasteiger partial charge is 0.161 e. The van der Waals surface area contributed by atoms with Gasteiger partial charge in [-0.1, -0.05) is 182 Å². The van der Waals surface area contributed by atoms with E-state index in [0.29, 0.717) is 5.82 Å². The highest BCUT2D eigenvalue weighted by molar-refractivity contribution is 6.29. The van der Waals surface area contributed by atoms with Crippen molar-refractivity contribution in [2.45, 2.75) is 0 Å². The lowest BCUT2D eigenvalue weighted by molar-refractivity contribution is 1.19. The third-order valence-electron chi connectivity index (χ3n) is 12.0. The summed E-state index contributed by atoms with van der Waals surface area (Å²) in [5.74, 6) is 0.709. The van der Waals surface area contributed by atoms with Crippen molar-refractivity contribution in [3.63, 3.8) is 0 Å². The maximum atomic E-state index is 5.38. The first-order valence-corrected chi connectivity index (χ1v) is 20.2. The average molecular weight is 750 g/mol. The molecule has 2 aromatic heterocycles. The molecule has 10 aromatic carbocycles. The van der Waals surface area contributed by atoms with Crippen LogP contribution in [0.5, 0.6) is 0 Å². The highest BCUT2D eigenvalue weighted by atomic mass is 15.0. The fraction of sp³-hybridized carbons (Fsp3) is 0. The van der Waals surface area contributed by atoms with Crippen molar-refractivity contribution in [3.8, 4) is 50.6 Å². The molecule has 0 atom stereocenters. The van der Waals surface area contributed by atoms with E-state index in [0.717, 1.165) is 44.2 Å². The van der Waals surface area contributed by atoms with Gasteiger partial charge in [-0.3, -0.25) is 0 Å². The van der Waals surface area contributed by atoms with Crippen LogP contribution in [0.4, 0.5) is 0 Å². The van der Waals surface area contributed by atoms with E-state index in [1.54, 1.807) is 0 Å². The van der Waals surface area contributed by atoms with Crippen LogP contribution in [-0.2, 0) is 0 Å². The number of fused-ring (bicyclic) bond motifs is 9. The van der Waals surface area contributed by atoms with Gasteiger partial charge >= 0.3 is 0 Å². The lowest BCUT2D eigenvalue weighted by atomic mass is 9.98. The second-order valence-electron chi connectivity index (χ2n) is 15.3. The summed E-state index contributed by atoms with van der Waals surface area (Å²) >= 11 is 0. The van der Waals surface area contributed by atoms with Gasteiger partial charge < -0.3 is 4.57 Å². The van der Waals surface area contributed by atoms with Crippen LogP contribution in [-0.4, -0.2) is 14.5 Å². The number of para-hydroxylation sites is 1. The molecule has 3 heteroatoms. The van der Waals surface area contributed by atoms with Gasteiger partial charge in [-0.2, -0.15) is 0 Å². The molecule has 0 spiro atoms. The molecule has 0 amide bonds. The van der Waals surface area contributed by atoms with Gasteiger partial charge in [0.05, 0.1) is 27.9 Å². The summed E-state index contributed by atoms with van der Waals surface area (Å²) in [5, 5.41) is 10.8. The summed E-state index contributed by atoms with van der Waals surface area (Å²) in [5.41, 5.74) is 12.2. The zero-order chi connectivity index (χ0) is 38.9. The van der Waals surface area contributed by atoms with E-state index in [9.17, 15) is 0 Å². The Kier molecular flexibility index (Phi) is 7.54. The standard InChI is InChI=1S/C56H35N3/c1-2-12-36(13-3-1)37-22-24-38(25-23-37)39-26-28-42(29-27-39)55-48-20-10-11-21-49(48)57-56(58-55)47-32-35-50(46-19-9-8-18-45(46)47)59-51-33-30-40-14-4-6-16-43(40)53(51)54-44-17-7-5-15-41(44)31-34-52(54)59/h1-35H. The van der Waals surface area contributed by atoms with Gasteiger partial charge in [0.15, 0.2) is 5.82 Å². The van der Waals surface area contributed by atoms with Crippen molar-refractivity contribution >= 4 is 65.0 Å². The number of rotatable bonds is 5. The number of aromatic nitrogens is 3. The Hall–Kier alpha value is -7.88. The number of hydrogen-bond acceptors (Lipinski definition) is 2. The average Bonchev–Trinajstić information content (AvgIpc) is 3.66. The SMILES string of the molecule is c1ccc(-c2ccc(-c3ccc(-c4nc(-c5ccc(-n6c7ccc8ccccc8c7c7c8ccccc8ccc76)c6ccccc56)nc5ccccc45)cc3)cc2)cc1. The van der Waals surface area contributed by atoms with Gasteiger partial charge in [-0.15, -0.1) is 0 Å². The first kappa shape index (κ1) is 33.3. The minimum Gasteiger partial charge on any atom is -0.309 e. The lowest BCUT2D eigenvalue weighted by Gasteiger charge is -2.16. The summed E-state index contributed by atoms with van der Waals surface area (Å²) in [7, 11) is 0. The van der Waals surface area contributed by atoms with Crippen LogP contribution in [0.25, 0.3) is 116 Å². The molecule has 0 saturated carbocycles. The molecule has 12 aromatic rings. The Balaban J connectivity index is 1.01. The van der Waals surface area contributed by atoms with Gasteiger partial charge in [0.1, 0.15) is 0 Å². The van der Waals surface area contributed by atoms with Crippen molar-refractivity contribution < 1.29 is 0 Å². The minimum atomic E-state index is 0.709. The Labute approximate surface area is 341 Å². The molecule has 0 fully saturated rings. The second kappa shape index (κ2) is 13.4. The molecule has 0 aliphatic rings. The van der Waals surface area contributed by atoms with E-state index in [-0.39, 0.29) is 0 Å². The second-order valence-corrected chi connectivity index (χ2v) is 15.3. The van der Waals surface area contributed by atoms with Crippen molar-refractivity contribution in [1.29, 1.82) is 0 Å². The molecule has 12 rings (SSSR count). The number of benzene rings is 10. The third kappa shape index (κ3) is 5.36. The Morgan fingerprint density at radius 2 is 0.780 bits per heavy atom. The predicted molar refractivity (Wildman–Crippen MR) is 248 cm³/mol. The Morgan fingerprint density at radius 1 is 0.305 bits per heavy atom. The van der Waals surface area contributed by atoms with Crippen molar-refractivity contribution in [1.82, 2.24) is 14.5 Å². The molecule has 3 nitrogen and oxygen atoms in total. The summed E-state index contributed by atoms with van der Waals surface area (Å²) in [6, 6.07) is 76.2. The minimum absolute atomic E-state index is 0.709. The van der Waals surface area contributed by atoms with Gasteiger partial charge in [0.25, 0.3) is 0 Å². The van der Waals surface area contributed by atoms with Crippen LogP contribution in [0.3, 0.4) is 0 Å². The van der Waals surface area contributed by atoms with Crippen molar-refractivity contribution in [2.75, 3.05) is 0 Å². The highest BCUT2D eigenvalue weighted by Gasteiger charge is 2.20. The van der Waals surface area contributed by atoms with Gasteiger partial charge in [0, 0.05) is 32.7 Å². The fourth-order valence-corrected chi connectivity index (χ4v) is 9.20. The molecule has 0 radical (unpaired) electrons. The molecule has 2 heterocycles. The molecule has 59 heavy (non-hydrogen) atoms. The monoisotopic (exact) mass is 749 g/mol. The van der Waals surface area contributed by atoms with Gasteiger partial charge in [0.2, 0.25) is 0 Å². The van der Waals surface area contributed by atoms with Crippen LogP contribution >= 0.6 is 0 Å². The molecule has 0 aliphatic carbocycles. The number of hydrogen-bond donors (Lipinski definition) is 0. The molecule has 0 bridgehead atoms. The van der Waals surface area contributed by atoms with Crippen molar-refractivity contribution in [2.24, 2.45) is 0 Å². The predicted octanol–water partition coefficient (Wildman–Crippen LogP) is 14.9. The van der Waals surface area contributed by atoms with Crippen LogP contribution in [0.15, 0.2) is 212 Å². The quantitative estimate of drug-likeness (QED) is 0.175.